The first-order valence-electron chi connectivity index (χ1n) is 8.51. The lowest BCUT2D eigenvalue weighted by molar-refractivity contribution is -0.901. The Kier molecular flexibility index (Phi) is 8.93. The second kappa shape index (κ2) is 10.4. The largest absolute Gasteiger partial charge is 1.00 e. The van der Waals surface area contributed by atoms with Gasteiger partial charge in [0.15, 0.2) is 0 Å². The first-order chi connectivity index (χ1) is 11.1. The van der Waals surface area contributed by atoms with E-state index in [0.717, 1.165) is 25.4 Å². The Hall–Kier alpha value is -1.46. The quantitative estimate of drug-likeness (QED) is 0.550. The molecular weight excluding hydrogens is 328 g/mol. The number of carbonyl (C=O) groups excluding carboxylic acids is 1. The summed E-state index contributed by atoms with van der Waals surface area (Å²) in [4.78, 5) is 13.8. The van der Waals surface area contributed by atoms with Crippen LogP contribution < -0.4 is 32.1 Å². The molecule has 1 unspecified atom stereocenters. The zero-order valence-corrected chi connectivity index (χ0v) is 15.6. The number of anilines is 1. The van der Waals surface area contributed by atoms with Gasteiger partial charge in [-0.2, -0.15) is 0 Å². The van der Waals surface area contributed by atoms with Crippen molar-refractivity contribution >= 4 is 11.6 Å². The van der Waals surface area contributed by atoms with Gasteiger partial charge in [0.1, 0.15) is 11.5 Å². The van der Waals surface area contributed by atoms with Gasteiger partial charge in [-0.15, -0.1) is 0 Å². The maximum atomic E-state index is 12.2. The van der Waals surface area contributed by atoms with Crippen molar-refractivity contribution in [1.82, 2.24) is 0 Å². The summed E-state index contributed by atoms with van der Waals surface area (Å²) in [5, 5.41) is 2.95. The van der Waals surface area contributed by atoms with E-state index in [1.54, 1.807) is 37.3 Å². The number of halogens is 1. The second-order valence-electron chi connectivity index (χ2n) is 6.30. The highest BCUT2D eigenvalue weighted by molar-refractivity contribution is 5.91. The summed E-state index contributed by atoms with van der Waals surface area (Å²) >= 11 is 0. The summed E-state index contributed by atoms with van der Waals surface area (Å²) in [5.41, 5.74) is 0.713. The van der Waals surface area contributed by atoms with Crippen LogP contribution in [-0.4, -0.2) is 39.8 Å². The van der Waals surface area contributed by atoms with Crippen LogP contribution >= 0.6 is 0 Å². The van der Waals surface area contributed by atoms with E-state index in [-0.39, 0.29) is 18.3 Å². The molecule has 1 aromatic rings. The van der Waals surface area contributed by atoms with Crippen LogP contribution in [0.25, 0.3) is 0 Å². The van der Waals surface area contributed by atoms with Crippen molar-refractivity contribution in [3.63, 3.8) is 0 Å². The number of nitrogens with one attached hydrogen (secondary N) is 2. The number of benzene rings is 1. The Labute approximate surface area is 151 Å². The van der Waals surface area contributed by atoms with Crippen molar-refractivity contribution in [1.29, 1.82) is 0 Å². The highest BCUT2D eigenvalue weighted by Gasteiger charge is 2.26. The molecule has 2 rings (SSSR count). The molecule has 1 aliphatic carbocycles. The monoisotopic (exact) mass is 356 g/mol. The Bertz CT molecular complexity index is 499. The maximum absolute atomic E-state index is 12.2. The van der Waals surface area contributed by atoms with Gasteiger partial charge in [-0.25, -0.2) is 0 Å². The molecule has 0 aromatic heterocycles. The van der Waals surface area contributed by atoms with Crippen LogP contribution in [0.5, 0.6) is 11.5 Å². The molecule has 0 spiro atoms. The topological polar surface area (TPSA) is 52.0 Å². The molecule has 136 valence electrons. The molecule has 0 saturated heterocycles. The third-order valence-electron chi connectivity index (χ3n) is 4.22. The van der Waals surface area contributed by atoms with E-state index < -0.39 is 0 Å². The van der Waals surface area contributed by atoms with Crippen molar-refractivity contribution in [2.75, 3.05) is 39.2 Å². The fraction of sp³-hybridized carbons (Fsp3) is 0.611. The van der Waals surface area contributed by atoms with Crippen LogP contribution in [0.1, 0.15) is 32.6 Å². The number of amides is 1. The van der Waals surface area contributed by atoms with E-state index in [4.69, 9.17) is 9.47 Å². The van der Waals surface area contributed by atoms with Crippen molar-refractivity contribution in [2.24, 2.45) is 5.92 Å². The molecule has 1 atom stereocenters. The molecule has 1 amide bonds. The van der Waals surface area contributed by atoms with Crippen molar-refractivity contribution < 1.29 is 31.6 Å². The lowest BCUT2D eigenvalue weighted by Crippen LogP contribution is -3.12. The summed E-state index contributed by atoms with van der Waals surface area (Å²) in [7, 11) is 3.20. The van der Waals surface area contributed by atoms with Gasteiger partial charge in [-0.05, 0) is 19.3 Å². The van der Waals surface area contributed by atoms with Gasteiger partial charge in [-0.1, -0.05) is 6.92 Å². The van der Waals surface area contributed by atoms with Crippen LogP contribution in [0.15, 0.2) is 18.2 Å². The highest BCUT2D eigenvalue weighted by Crippen LogP contribution is 2.27. The molecule has 2 N–H and O–H groups in total. The summed E-state index contributed by atoms with van der Waals surface area (Å²) in [6.45, 7) is 5.47. The predicted molar refractivity (Wildman–Crippen MR) is 91.4 cm³/mol. The van der Waals surface area contributed by atoms with E-state index in [1.165, 1.54) is 19.4 Å². The molecule has 0 heterocycles. The minimum atomic E-state index is 0. The van der Waals surface area contributed by atoms with Gasteiger partial charge >= 0.3 is 0 Å². The lowest BCUT2D eigenvalue weighted by atomic mass is 10.2. The molecule has 0 bridgehead atoms. The average molecular weight is 357 g/mol. The second-order valence-corrected chi connectivity index (χ2v) is 6.30. The average Bonchev–Trinajstić information content (AvgIpc) is 3.36. The van der Waals surface area contributed by atoms with Crippen LogP contribution in [-0.2, 0) is 4.79 Å². The third kappa shape index (κ3) is 6.97. The molecule has 0 radical (unpaired) electrons. The van der Waals surface area contributed by atoms with Gasteiger partial charge in [0, 0.05) is 29.8 Å². The summed E-state index contributed by atoms with van der Waals surface area (Å²) < 4.78 is 10.4. The van der Waals surface area contributed by atoms with E-state index in [1.807, 2.05) is 0 Å². The Morgan fingerprint density at radius 1 is 1.17 bits per heavy atom. The van der Waals surface area contributed by atoms with Crippen LogP contribution in [0.2, 0.25) is 0 Å². The Balaban J connectivity index is 0.00000288. The fourth-order valence-electron chi connectivity index (χ4n) is 2.81. The van der Waals surface area contributed by atoms with E-state index >= 15 is 0 Å². The van der Waals surface area contributed by atoms with Crippen molar-refractivity contribution in [2.45, 2.75) is 32.6 Å². The SMILES string of the molecule is CCC[NH+](CCC(=O)Nc1cc(OC)cc(OC)c1)CC1CC1.[Cl-]. The summed E-state index contributed by atoms with van der Waals surface area (Å²) in [6.07, 6.45) is 4.43. The summed E-state index contributed by atoms with van der Waals surface area (Å²) in [6, 6.07) is 5.40. The van der Waals surface area contributed by atoms with Gasteiger partial charge in [0.25, 0.3) is 0 Å². The number of ether oxygens (including phenoxy) is 2. The molecule has 1 aliphatic rings. The molecule has 1 saturated carbocycles. The molecule has 5 nitrogen and oxygen atoms in total. The third-order valence-corrected chi connectivity index (χ3v) is 4.22. The number of methoxy groups -OCH3 is 2. The number of rotatable bonds is 10. The number of hydrogen-bond donors (Lipinski definition) is 2. The van der Waals surface area contributed by atoms with Gasteiger partial charge in [0.05, 0.1) is 40.3 Å². The first kappa shape index (κ1) is 20.6. The predicted octanol–water partition coefficient (Wildman–Crippen LogP) is -1.26. The normalized spacial score (nSPS) is 14.5. The van der Waals surface area contributed by atoms with Gasteiger partial charge in [-0.3, -0.25) is 4.79 Å². The fourth-order valence-corrected chi connectivity index (χ4v) is 2.81. The molecule has 0 aliphatic heterocycles. The Morgan fingerprint density at radius 3 is 2.29 bits per heavy atom. The number of quaternary nitrogens is 1. The van der Waals surface area contributed by atoms with Crippen LogP contribution in [0, 0.1) is 5.92 Å². The molecule has 1 aromatic carbocycles. The van der Waals surface area contributed by atoms with Crippen molar-refractivity contribution in [3.05, 3.63) is 18.2 Å². The van der Waals surface area contributed by atoms with E-state index in [2.05, 4.69) is 12.2 Å². The molecule has 1 fully saturated rings. The minimum Gasteiger partial charge on any atom is -1.00 e. The van der Waals surface area contributed by atoms with Crippen LogP contribution in [0.3, 0.4) is 0 Å². The Morgan fingerprint density at radius 2 is 1.79 bits per heavy atom. The number of hydrogen-bond acceptors (Lipinski definition) is 3. The van der Waals surface area contributed by atoms with Gasteiger partial charge in [0.2, 0.25) is 5.91 Å². The first-order valence-corrected chi connectivity index (χ1v) is 8.51. The van der Waals surface area contributed by atoms with Crippen molar-refractivity contribution in [3.8, 4) is 11.5 Å². The lowest BCUT2D eigenvalue weighted by Gasteiger charge is -2.18. The molecule has 6 heteroatoms. The van der Waals surface area contributed by atoms with Crippen LogP contribution in [0.4, 0.5) is 5.69 Å². The highest BCUT2D eigenvalue weighted by atomic mass is 35.5. The maximum Gasteiger partial charge on any atom is 0.230 e. The number of carbonyl (C=O) groups is 1. The minimum absolute atomic E-state index is 0. The zero-order valence-electron chi connectivity index (χ0n) is 14.9. The van der Waals surface area contributed by atoms with E-state index in [9.17, 15) is 4.79 Å². The van der Waals surface area contributed by atoms with Gasteiger partial charge < -0.3 is 32.1 Å². The smallest absolute Gasteiger partial charge is 0.230 e. The summed E-state index contributed by atoms with van der Waals surface area (Å²) in [5.74, 6) is 2.28. The standard InChI is InChI=1S/C18H28N2O3.ClH/c1-4-8-20(13-14-5-6-14)9-7-18(21)19-15-10-16(22-2)12-17(11-15)23-3;/h10-12,14H,4-9,13H2,1-3H3,(H,19,21);1H. The molecule has 24 heavy (non-hydrogen) atoms. The van der Waals surface area contributed by atoms with E-state index in [0.29, 0.717) is 23.6 Å². The zero-order chi connectivity index (χ0) is 16.7. The molecular formula is C18H29ClN2O3.